The van der Waals surface area contributed by atoms with Gasteiger partial charge in [0.2, 0.25) is 0 Å². The second kappa shape index (κ2) is 5.25. The monoisotopic (exact) mass is 256 g/mol. The van der Waals surface area contributed by atoms with Crippen molar-refractivity contribution in [2.75, 3.05) is 19.8 Å². The topological polar surface area (TPSA) is 38.7 Å². The Balaban J connectivity index is 1.99. The molecule has 0 aromatic heterocycles. The van der Waals surface area contributed by atoms with Gasteiger partial charge < -0.3 is 14.6 Å². The first-order valence-electron chi connectivity index (χ1n) is 5.78. The van der Waals surface area contributed by atoms with Crippen molar-refractivity contribution in [3.63, 3.8) is 0 Å². The van der Waals surface area contributed by atoms with Crippen LogP contribution < -0.4 is 4.74 Å². The van der Waals surface area contributed by atoms with E-state index in [1.807, 2.05) is 19.1 Å². The predicted octanol–water partition coefficient (Wildman–Crippen LogP) is 2.57. The molecule has 94 valence electrons. The summed E-state index contributed by atoms with van der Waals surface area (Å²) in [4.78, 5) is 0. The first-order valence-corrected chi connectivity index (χ1v) is 6.16. The summed E-state index contributed by atoms with van der Waals surface area (Å²) in [6.07, 6.45) is 1.22. The van der Waals surface area contributed by atoms with Crippen LogP contribution in [0.1, 0.15) is 18.4 Å². The summed E-state index contributed by atoms with van der Waals surface area (Å²) in [5.74, 6) is 0.631. The average Bonchev–Trinajstić information content (AvgIpc) is 2.31. The smallest absolute Gasteiger partial charge is 0.138 e. The summed E-state index contributed by atoms with van der Waals surface area (Å²) in [6.45, 7) is 3.41. The summed E-state index contributed by atoms with van der Waals surface area (Å²) >= 11 is 6.03. The lowest BCUT2D eigenvalue weighted by Crippen LogP contribution is -2.41. The van der Waals surface area contributed by atoms with Crippen LogP contribution in [0.15, 0.2) is 18.2 Å². The lowest BCUT2D eigenvalue weighted by atomic mass is 9.96. The molecular weight excluding hydrogens is 240 g/mol. The molecule has 1 aliphatic heterocycles. The largest absolute Gasteiger partial charge is 0.489 e. The zero-order valence-corrected chi connectivity index (χ0v) is 10.7. The molecule has 1 N–H and O–H groups in total. The molecular formula is C13H17ClO3. The van der Waals surface area contributed by atoms with Crippen LogP contribution in [0.4, 0.5) is 0 Å². The third kappa shape index (κ3) is 3.35. The first-order chi connectivity index (χ1) is 8.09. The number of hydrogen-bond acceptors (Lipinski definition) is 3. The van der Waals surface area contributed by atoms with E-state index in [-0.39, 0.29) is 6.61 Å². The minimum Gasteiger partial charge on any atom is -0.489 e. The van der Waals surface area contributed by atoms with Crippen LogP contribution in [0.3, 0.4) is 0 Å². The van der Waals surface area contributed by atoms with Crippen LogP contribution in [-0.2, 0) is 4.74 Å². The van der Waals surface area contributed by atoms with Gasteiger partial charge in [-0.1, -0.05) is 17.7 Å². The minimum atomic E-state index is -0.786. The van der Waals surface area contributed by atoms with Crippen LogP contribution in [0, 0.1) is 6.92 Å². The Morgan fingerprint density at radius 3 is 2.82 bits per heavy atom. The fourth-order valence-electron chi connectivity index (χ4n) is 1.83. The Hall–Kier alpha value is -0.770. The summed E-state index contributed by atoms with van der Waals surface area (Å²) in [5.41, 5.74) is 0.300. The Bertz CT molecular complexity index is 386. The molecule has 0 amide bonds. The van der Waals surface area contributed by atoms with Gasteiger partial charge in [0.15, 0.2) is 0 Å². The predicted molar refractivity (Wildman–Crippen MR) is 66.7 cm³/mol. The fraction of sp³-hybridized carbons (Fsp3) is 0.538. The summed E-state index contributed by atoms with van der Waals surface area (Å²) in [5, 5.41) is 10.8. The molecule has 0 bridgehead atoms. The van der Waals surface area contributed by atoms with Gasteiger partial charge in [0, 0.05) is 26.1 Å². The Kier molecular flexibility index (Phi) is 3.92. The molecule has 0 unspecified atom stereocenters. The molecule has 0 atom stereocenters. The summed E-state index contributed by atoms with van der Waals surface area (Å²) in [7, 11) is 0. The van der Waals surface area contributed by atoms with Crippen molar-refractivity contribution in [2.45, 2.75) is 25.4 Å². The van der Waals surface area contributed by atoms with E-state index in [4.69, 9.17) is 21.1 Å². The Labute approximate surface area is 106 Å². The van der Waals surface area contributed by atoms with Crippen LogP contribution in [0.2, 0.25) is 5.02 Å². The highest BCUT2D eigenvalue weighted by Gasteiger charge is 2.30. The van der Waals surface area contributed by atoms with E-state index in [0.717, 1.165) is 5.56 Å². The van der Waals surface area contributed by atoms with E-state index in [1.165, 1.54) is 0 Å². The summed E-state index contributed by atoms with van der Waals surface area (Å²) < 4.78 is 10.8. The van der Waals surface area contributed by atoms with E-state index in [1.54, 1.807) is 6.07 Å². The highest BCUT2D eigenvalue weighted by molar-refractivity contribution is 6.32. The lowest BCUT2D eigenvalue weighted by Gasteiger charge is -2.31. The van der Waals surface area contributed by atoms with Gasteiger partial charge in [0.1, 0.15) is 18.0 Å². The molecule has 1 saturated heterocycles. The van der Waals surface area contributed by atoms with Gasteiger partial charge >= 0.3 is 0 Å². The van der Waals surface area contributed by atoms with E-state index in [0.29, 0.717) is 36.8 Å². The third-order valence-electron chi connectivity index (χ3n) is 3.01. The maximum absolute atomic E-state index is 10.2. The number of aryl methyl sites for hydroxylation is 1. The number of rotatable bonds is 3. The van der Waals surface area contributed by atoms with Crippen LogP contribution in [-0.4, -0.2) is 30.5 Å². The molecule has 17 heavy (non-hydrogen) atoms. The molecule has 4 heteroatoms. The molecule has 2 rings (SSSR count). The number of hydrogen-bond donors (Lipinski definition) is 1. The zero-order valence-electron chi connectivity index (χ0n) is 9.91. The first kappa shape index (κ1) is 12.7. The van der Waals surface area contributed by atoms with E-state index >= 15 is 0 Å². The van der Waals surface area contributed by atoms with Gasteiger partial charge in [0.25, 0.3) is 0 Å². The SMILES string of the molecule is Cc1ccc(Cl)c(OCC2(O)CCOCC2)c1. The molecule has 3 nitrogen and oxygen atoms in total. The van der Waals surface area contributed by atoms with Gasteiger partial charge in [-0.2, -0.15) is 0 Å². The molecule has 0 radical (unpaired) electrons. The average molecular weight is 257 g/mol. The minimum absolute atomic E-state index is 0.263. The van der Waals surface area contributed by atoms with Gasteiger partial charge in [-0.05, 0) is 24.6 Å². The van der Waals surface area contributed by atoms with Gasteiger partial charge in [-0.15, -0.1) is 0 Å². The van der Waals surface area contributed by atoms with E-state index in [9.17, 15) is 5.11 Å². The van der Waals surface area contributed by atoms with E-state index in [2.05, 4.69) is 0 Å². The van der Waals surface area contributed by atoms with Crippen molar-refractivity contribution in [3.05, 3.63) is 28.8 Å². The number of ether oxygens (including phenoxy) is 2. The maximum atomic E-state index is 10.2. The maximum Gasteiger partial charge on any atom is 0.138 e. The van der Waals surface area contributed by atoms with Crippen molar-refractivity contribution in [3.8, 4) is 5.75 Å². The quantitative estimate of drug-likeness (QED) is 0.903. The molecule has 1 fully saturated rings. The number of halogens is 1. The van der Waals surface area contributed by atoms with Crippen molar-refractivity contribution in [2.24, 2.45) is 0 Å². The normalized spacial score (nSPS) is 19.0. The molecule has 0 aliphatic carbocycles. The number of benzene rings is 1. The highest BCUT2D eigenvalue weighted by Crippen LogP contribution is 2.28. The standard InChI is InChI=1S/C13H17ClO3/c1-10-2-3-11(14)12(8-10)17-9-13(15)4-6-16-7-5-13/h2-3,8,15H,4-7,9H2,1H3. The Morgan fingerprint density at radius 2 is 2.12 bits per heavy atom. The van der Waals surface area contributed by atoms with Crippen molar-refractivity contribution >= 4 is 11.6 Å². The summed E-state index contributed by atoms with van der Waals surface area (Å²) in [6, 6.07) is 5.61. The molecule has 1 aromatic rings. The van der Waals surface area contributed by atoms with Crippen molar-refractivity contribution in [1.82, 2.24) is 0 Å². The molecule has 0 spiro atoms. The Morgan fingerprint density at radius 1 is 1.41 bits per heavy atom. The number of aliphatic hydroxyl groups is 1. The van der Waals surface area contributed by atoms with E-state index < -0.39 is 5.60 Å². The van der Waals surface area contributed by atoms with Crippen LogP contribution >= 0.6 is 11.6 Å². The van der Waals surface area contributed by atoms with Crippen LogP contribution in [0.25, 0.3) is 0 Å². The lowest BCUT2D eigenvalue weighted by molar-refractivity contribution is -0.0855. The van der Waals surface area contributed by atoms with Gasteiger partial charge in [-0.3, -0.25) is 0 Å². The third-order valence-corrected chi connectivity index (χ3v) is 3.32. The second-order valence-electron chi connectivity index (χ2n) is 4.56. The molecule has 1 heterocycles. The van der Waals surface area contributed by atoms with Crippen molar-refractivity contribution in [1.29, 1.82) is 0 Å². The molecule has 1 aliphatic rings. The second-order valence-corrected chi connectivity index (χ2v) is 4.97. The van der Waals surface area contributed by atoms with Crippen LogP contribution in [0.5, 0.6) is 5.75 Å². The van der Waals surface area contributed by atoms with Gasteiger partial charge in [0.05, 0.1) is 5.02 Å². The fourth-order valence-corrected chi connectivity index (χ4v) is 2.00. The molecule has 1 aromatic carbocycles. The zero-order chi connectivity index (χ0) is 12.3. The highest BCUT2D eigenvalue weighted by atomic mass is 35.5. The molecule has 0 saturated carbocycles. The van der Waals surface area contributed by atoms with Crippen molar-refractivity contribution < 1.29 is 14.6 Å². The van der Waals surface area contributed by atoms with Gasteiger partial charge in [-0.25, -0.2) is 0 Å².